The van der Waals surface area contributed by atoms with E-state index in [1.165, 1.54) is 11.1 Å². The summed E-state index contributed by atoms with van der Waals surface area (Å²) < 4.78 is 0. The summed E-state index contributed by atoms with van der Waals surface area (Å²) in [6.45, 7) is 4.07. The molecule has 8 heteroatoms. The first-order valence-corrected chi connectivity index (χ1v) is 12.4. The first-order valence-electron chi connectivity index (χ1n) is 12.4. The molecule has 0 aliphatic carbocycles. The maximum atomic E-state index is 12.0. The molecule has 2 fully saturated rings. The van der Waals surface area contributed by atoms with E-state index in [4.69, 9.17) is 0 Å². The van der Waals surface area contributed by atoms with Crippen molar-refractivity contribution in [2.75, 3.05) is 31.6 Å². The summed E-state index contributed by atoms with van der Waals surface area (Å²) in [4.78, 5) is 27.1. The van der Waals surface area contributed by atoms with Crippen LogP contribution >= 0.6 is 0 Å². The maximum Gasteiger partial charge on any atom is 1.00 e. The van der Waals surface area contributed by atoms with Gasteiger partial charge in [-0.1, -0.05) is 41.6 Å². The molecule has 2 heterocycles. The van der Waals surface area contributed by atoms with E-state index in [0.717, 1.165) is 17.0 Å². The van der Waals surface area contributed by atoms with E-state index in [1.807, 2.05) is 12.1 Å². The molecule has 0 aromatic heterocycles. The number of rotatable bonds is 7. The Balaban J connectivity index is 0.00000361. The van der Waals surface area contributed by atoms with Gasteiger partial charge in [0.1, 0.15) is 0 Å². The summed E-state index contributed by atoms with van der Waals surface area (Å²) in [5.74, 6) is -1.12. The summed E-state index contributed by atoms with van der Waals surface area (Å²) in [7, 11) is 1.80. The van der Waals surface area contributed by atoms with Gasteiger partial charge in [-0.05, 0) is 55.0 Å². The van der Waals surface area contributed by atoms with Crippen LogP contribution in [0.2, 0.25) is 0 Å². The number of hydrogen-bond acceptors (Lipinski definition) is 6. The third kappa shape index (κ3) is 6.50. The number of hydrogen-bond donors (Lipinski definition) is 1. The van der Waals surface area contributed by atoms with Crippen LogP contribution in [0.5, 0.6) is 0 Å². The van der Waals surface area contributed by atoms with Crippen molar-refractivity contribution in [3.8, 4) is 0 Å². The molecular weight excluding hydrogens is 465 g/mol. The van der Waals surface area contributed by atoms with Gasteiger partial charge in [0, 0.05) is 68.9 Å². The summed E-state index contributed by atoms with van der Waals surface area (Å²) in [6.07, 6.45) is 2.95. The van der Waals surface area contributed by atoms with E-state index >= 15 is 0 Å². The van der Waals surface area contributed by atoms with Gasteiger partial charge in [-0.25, -0.2) is 0 Å². The molecule has 2 aliphatic heterocycles. The van der Waals surface area contributed by atoms with Crippen molar-refractivity contribution in [2.24, 2.45) is 17.0 Å². The van der Waals surface area contributed by atoms with Crippen LogP contribution in [0.1, 0.15) is 54.7 Å². The number of piperidine rings is 2. The fraction of sp³-hybridized carbons (Fsp3) is 0.464. The number of carbonyl (C=O) groups excluding carboxylic acids is 2. The molecule has 0 spiro atoms. The number of carboxylic acids is 1. The fourth-order valence-electron chi connectivity index (χ4n) is 5.46. The van der Waals surface area contributed by atoms with E-state index in [0.29, 0.717) is 51.7 Å². The molecule has 0 saturated carbocycles. The van der Waals surface area contributed by atoms with Gasteiger partial charge in [0.05, 0.1) is 5.71 Å². The zero-order valence-electron chi connectivity index (χ0n) is 21.5. The third-order valence-electron chi connectivity index (χ3n) is 7.69. The molecule has 1 unspecified atom stereocenters. The van der Waals surface area contributed by atoms with Crippen molar-refractivity contribution in [1.82, 2.24) is 4.90 Å². The number of anilines is 1. The van der Waals surface area contributed by atoms with Crippen LogP contribution in [0.25, 0.3) is 0 Å². The molecule has 2 saturated heterocycles. The summed E-state index contributed by atoms with van der Waals surface area (Å²) in [5.41, 5.74) is 5.31. The van der Waals surface area contributed by atoms with Crippen LogP contribution in [-0.2, 0) is 9.59 Å². The Labute approximate surface area is 235 Å². The predicted molar refractivity (Wildman–Crippen MR) is 134 cm³/mol. The van der Waals surface area contributed by atoms with Crippen molar-refractivity contribution >= 4 is 23.3 Å². The predicted octanol–water partition coefficient (Wildman–Crippen LogP) is 0.186. The minimum absolute atomic E-state index is 0. The largest absolute Gasteiger partial charge is 1.00 e. The summed E-state index contributed by atoms with van der Waals surface area (Å²) in [6, 6.07) is 16.7. The van der Waals surface area contributed by atoms with Gasteiger partial charge in [0.2, 0.25) is 5.91 Å². The number of aryl methyl sites for hydroxylation is 1. The van der Waals surface area contributed by atoms with Gasteiger partial charge < -0.3 is 24.9 Å². The molecule has 1 N–H and O–H groups in total. The number of nitrogens with zero attached hydrogens (tertiary/aromatic N) is 3. The average molecular weight is 500 g/mol. The topological polar surface area (TPSA) is 96.3 Å². The Hall–Kier alpha value is -2.35. The number of amides is 1. The molecule has 2 aromatic carbocycles. The van der Waals surface area contributed by atoms with Gasteiger partial charge in [0.15, 0.2) is 0 Å². The molecule has 36 heavy (non-hydrogen) atoms. The average Bonchev–Trinajstić information content (AvgIpc) is 2.87. The summed E-state index contributed by atoms with van der Waals surface area (Å²) >= 11 is 0. The number of aliphatic carboxylic acids is 1. The Kier molecular flexibility index (Phi) is 10.00. The minimum Gasteiger partial charge on any atom is -0.550 e. The van der Waals surface area contributed by atoms with Gasteiger partial charge in [0.25, 0.3) is 0 Å². The van der Waals surface area contributed by atoms with E-state index in [9.17, 15) is 19.9 Å². The van der Waals surface area contributed by atoms with Crippen molar-refractivity contribution in [2.45, 2.75) is 44.9 Å². The fourth-order valence-corrected chi connectivity index (χ4v) is 5.46. The van der Waals surface area contributed by atoms with Crippen LogP contribution in [0, 0.1) is 18.8 Å². The number of likely N-dealkylation sites (tertiary alicyclic amines) is 1. The molecule has 186 valence electrons. The van der Waals surface area contributed by atoms with E-state index in [2.05, 4.69) is 53.4 Å². The van der Waals surface area contributed by atoms with E-state index in [-0.39, 0.29) is 53.2 Å². The monoisotopic (exact) mass is 499 g/mol. The molecule has 0 bridgehead atoms. The van der Waals surface area contributed by atoms with Crippen molar-refractivity contribution in [1.29, 1.82) is 0 Å². The normalized spacial score (nSPS) is 20.1. The second-order valence-corrected chi connectivity index (χ2v) is 9.89. The van der Waals surface area contributed by atoms with Crippen LogP contribution < -0.4 is 39.6 Å². The van der Waals surface area contributed by atoms with Crippen LogP contribution in [0.15, 0.2) is 53.7 Å². The Morgan fingerprint density at radius 2 is 1.75 bits per heavy atom. The second-order valence-electron chi connectivity index (χ2n) is 9.89. The van der Waals surface area contributed by atoms with Gasteiger partial charge >= 0.3 is 29.6 Å². The SMILES string of the molecule is Cc1ccccc1C(C/C(=N\O)[C@@H]1CCC(=O)N(C)C1)c1ccc(N2CCC(C(=O)[O-])CC2)cc1.[Na+]. The standard InChI is InChI=1S/C28H35N3O4.Na/c1-19-5-3-4-6-24(19)25(17-26(29-35)22-9-12-27(32)30(2)18-22)20-7-10-23(11-8-20)31-15-13-21(14-16-31)28(33)34;/h3-8,10-11,21-22,25,35H,9,12-18H2,1-2H3,(H,33,34);/q;+1/p-1/b29-26+;/t22-,25?;/m1./s1. The molecule has 0 radical (unpaired) electrons. The smallest absolute Gasteiger partial charge is 0.550 e. The molecule has 2 aromatic rings. The molecule has 2 aliphatic rings. The molecule has 4 rings (SSSR count). The van der Waals surface area contributed by atoms with Crippen molar-refractivity contribution in [3.05, 3.63) is 65.2 Å². The van der Waals surface area contributed by atoms with E-state index in [1.54, 1.807) is 11.9 Å². The molecule has 2 atom stereocenters. The van der Waals surface area contributed by atoms with Gasteiger partial charge in [-0.15, -0.1) is 0 Å². The van der Waals surface area contributed by atoms with Crippen LogP contribution in [-0.4, -0.2) is 54.4 Å². The van der Waals surface area contributed by atoms with Crippen LogP contribution in [0.3, 0.4) is 0 Å². The first-order chi connectivity index (χ1) is 16.9. The number of carboxylic acid groups (broad SMARTS) is 1. The zero-order valence-corrected chi connectivity index (χ0v) is 23.5. The first kappa shape index (κ1) is 28.2. The summed E-state index contributed by atoms with van der Waals surface area (Å²) in [5, 5.41) is 24.8. The maximum absolute atomic E-state index is 12.0. The van der Waals surface area contributed by atoms with Crippen molar-refractivity contribution in [3.63, 3.8) is 0 Å². The van der Waals surface area contributed by atoms with Crippen LogP contribution in [0.4, 0.5) is 5.69 Å². The molecule has 1 amide bonds. The quantitative estimate of drug-likeness (QED) is 0.254. The molecular formula is C28H34N3NaO4. The zero-order chi connectivity index (χ0) is 24.9. The second kappa shape index (κ2) is 12.7. The van der Waals surface area contributed by atoms with Gasteiger partial charge in [-0.2, -0.15) is 0 Å². The van der Waals surface area contributed by atoms with E-state index < -0.39 is 5.97 Å². The molecule has 7 nitrogen and oxygen atoms in total. The Morgan fingerprint density at radius 3 is 2.33 bits per heavy atom. The van der Waals surface area contributed by atoms with Gasteiger partial charge in [-0.3, -0.25) is 4.79 Å². The Bertz CT molecular complexity index is 1080. The number of carbonyl (C=O) groups is 2. The number of benzene rings is 2. The Morgan fingerprint density at radius 1 is 1.08 bits per heavy atom. The number of oxime groups is 1. The third-order valence-corrected chi connectivity index (χ3v) is 7.69. The minimum atomic E-state index is -0.948. The van der Waals surface area contributed by atoms with Crippen molar-refractivity contribution < 1.29 is 49.5 Å².